The molecule has 2 atom stereocenters. The summed E-state index contributed by atoms with van der Waals surface area (Å²) >= 11 is 0. The van der Waals surface area contributed by atoms with Gasteiger partial charge in [0.05, 0.1) is 7.11 Å². The smallest absolute Gasteiger partial charge is 0.119 e. The fourth-order valence-corrected chi connectivity index (χ4v) is 2.87. The van der Waals surface area contributed by atoms with Crippen molar-refractivity contribution in [2.24, 2.45) is 11.7 Å². The highest BCUT2D eigenvalue weighted by Crippen LogP contribution is 2.23. The third-order valence-corrected chi connectivity index (χ3v) is 4.07. The number of methoxy groups -OCH3 is 1. The second kappa shape index (κ2) is 6.92. The average molecular weight is 262 g/mol. The highest BCUT2D eigenvalue weighted by Gasteiger charge is 2.23. The van der Waals surface area contributed by atoms with Gasteiger partial charge in [0.15, 0.2) is 0 Å². The molecule has 2 unspecified atom stereocenters. The van der Waals surface area contributed by atoms with Crippen molar-refractivity contribution in [1.82, 2.24) is 4.90 Å². The van der Waals surface area contributed by atoms with Gasteiger partial charge in [0.25, 0.3) is 0 Å². The van der Waals surface area contributed by atoms with E-state index in [2.05, 4.69) is 30.0 Å². The number of ether oxygens (including phenoxy) is 1. The molecule has 1 aromatic rings. The zero-order valence-corrected chi connectivity index (χ0v) is 12.1. The van der Waals surface area contributed by atoms with E-state index in [4.69, 9.17) is 10.5 Å². The minimum absolute atomic E-state index is 0.377. The topological polar surface area (TPSA) is 38.5 Å². The molecule has 1 fully saturated rings. The van der Waals surface area contributed by atoms with E-state index in [9.17, 15) is 0 Å². The molecular formula is C16H26N2O. The standard InChI is InChI=1S/C16H26N2O/c1-3-15(17)9-14-7-8-18(12-14)11-13-5-4-6-16(10-13)19-2/h4-6,10,14-15H,3,7-9,11-12,17H2,1-2H3. The summed E-state index contributed by atoms with van der Waals surface area (Å²) in [6, 6.07) is 8.74. The third kappa shape index (κ3) is 4.22. The number of nitrogens with zero attached hydrogens (tertiary/aromatic N) is 1. The van der Waals surface area contributed by atoms with Crippen molar-refractivity contribution in [3.8, 4) is 5.75 Å². The van der Waals surface area contributed by atoms with E-state index in [1.54, 1.807) is 7.11 Å². The quantitative estimate of drug-likeness (QED) is 0.856. The highest BCUT2D eigenvalue weighted by atomic mass is 16.5. The van der Waals surface area contributed by atoms with E-state index in [0.29, 0.717) is 6.04 Å². The Bertz CT molecular complexity index is 394. The van der Waals surface area contributed by atoms with Gasteiger partial charge in [-0.2, -0.15) is 0 Å². The first-order chi connectivity index (χ1) is 9.21. The molecule has 0 saturated carbocycles. The van der Waals surface area contributed by atoms with Crippen LogP contribution in [0.4, 0.5) is 0 Å². The lowest BCUT2D eigenvalue weighted by atomic mass is 9.98. The predicted octanol–water partition coefficient (Wildman–Crippen LogP) is 2.64. The molecule has 1 saturated heterocycles. The molecule has 3 nitrogen and oxygen atoms in total. The summed E-state index contributed by atoms with van der Waals surface area (Å²) < 4.78 is 5.27. The molecule has 0 radical (unpaired) electrons. The van der Waals surface area contributed by atoms with Crippen LogP contribution < -0.4 is 10.5 Å². The van der Waals surface area contributed by atoms with Crippen molar-refractivity contribution >= 4 is 0 Å². The van der Waals surface area contributed by atoms with Gasteiger partial charge in [0.1, 0.15) is 5.75 Å². The minimum atomic E-state index is 0.377. The second-order valence-corrected chi connectivity index (χ2v) is 5.65. The molecule has 0 aliphatic carbocycles. The van der Waals surface area contributed by atoms with Gasteiger partial charge in [-0.05, 0) is 49.4 Å². The van der Waals surface area contributed by atoms with Crippen LogP contribution in [0.25, 0.3) is 0 Å². The lowest BCUT2D eigenvalue weighted by Gasteiger charge is -2.18. The van der Waals surface area contributed by atoms with E-state index in [1.807, 2.05) is 6.07 Å². The lowest BCUT2D eigenvalue weighted by Crippen LogP contribution is -2.25. The lowest BCUT2D eigenvalue weighted by molar-refractivity contribution is 0.307. The molecule has 1 aliphatic heterocycles. The maximum Gasteiger partial charge on any atom is 0.119 e. The first kappa shape index (κ1) is 14.4. The maximum atomic E-state index is 6.05. The molecule has 0 amide bonds. The number of rotatable bonds is 6. The van der Waals surface area contributed by atoms with E-state index in [1.165, 1.54) is 31.5 Å². The Hall–Kier alpha value is -1.06. The molecule has 19 heavy (non-hydrogen) atoms. The fourth-order valence-electron chi connectivity index (χ4n) is 2.87. The van der Waals surface area contributed by atoms with Gasteiger partial charge >= 0.3 is 0 Å². The Balaban J connectivity index is 1.84. The van der Waals surface area contributed by atoms with Crippen LogP contribution in [0.15, 0.2) is 24.3 Å². The van der Waals surface area contributed by atoms with E-state index < -0.39 is 0 Å². The monoisotopic (exact) mass is 262 g/mol. The van der Waals surface area contributed by atoms with Gasteiger partial charge in [-0.3, -0.25) is 4.90 Å². The fraction of sp³-hybridized carbons (Fsp3) is 0.625. The van der Waals surface area contributed by atoms with Gasteiger partial charge in [0, 0.05) is 19.1 Å². The predicted molar refractivity (Wildman–Crippen MR) is 79.3 cm³/mol. The average Bonchev–Trinajstić information content (AvgIpc) is 2.86. The van der Waals surface area contributed by atoms with Crippen molar-refractivity contribution in [3.05, 3.63) is 29.8 Å². The Morgan fingerprint density at radius 3 is 3.05 bits per heavy atom. The number of hydrogen-bond donors (Lipinski definition) is 1. The molecular weight excluding hydrogens is 236 g/mol. The van der Waals surface area contributed by atoms with Crippen molar-refractivity contribution in [3.63, 3.8) is 0 Å². The zero-order chi connectivity index (χ0) is 13.7. The van der Waals surface area contributed by atoms with Crippen LogP contribution in [0.2, 0.25) is 0 Å². The molecule has 0 aromatic heterocycles. The Labute approximate surface area is 116 Å². The Morgan fingerprint density at radius 2 is 2.32 bits per heavy atom. The Morgan fingerprint density at radius 1 is 1.47 bits per heavy atom. The molecule has 2 N–H and O–H groups in total. The van der Waals surface area contributed by atoms with Gasteiger partial charge in [-0.1, -0.05) is 19.1 Å². The van der Waals surface area contributed by atoms with Crippen LogP contribution >= 0.6 is 0 Å². The molecule has 2 rings (SSSR count). The first-order valence-electron chi connectivity index (χ1n) is 7.32. The SMILES string of the molecule is CCC(N)CC1CCN(Cc2cccc(OC)c2)C1. The summed E-state index contributed by atoms with van der Waals surface area (Å²) in [5.41, 5.74) is 7.39. The summed E-state index contributed by atoms with van der Waals surface area (Å²) in [4.78, 5) is 2.53. The molecule has 106 valence electrons. The molecule has 1 aromatic carbocycles. The minimum Gasteiger partial charge on any atom is -0.497 e. The summed E-state index contributed by atoms with van der Waals surface area (Å²) in [6.07, 6.45) is 3.55. The van der Waals surface area contributed by atoms with E-state index in [0.717, 1.165) is 24.6 Å². The van der Waals surface area contributed by atoms with Crippen LogP contribution in [0.3, 0.4) is 0 Å². The van der Waals surface area contributed by atoms with Crippen LogP contribution in [-0.2, 0) is 6.54 Å². The molecule has 1 aliphatic rings. The summed E-state index contributed by atoms with van der Waals surface area (Å²) in [6.45, 7) is 5.58. The van der Waals surface area contributed by atoms with Crippen molar-refractivity contribution < 1.29 is 4.74 Å². The molecule has 1 heterocycles. The van der Waals surface area contributed by atoms with Crippen LogP contribution in [0, 0.1) is 5.92 Å². The van der Waals surface area contributed by atoms with Gasteiger partial charge in [0.2, 0.25) is 0 Å². The van der Waals surface area contributed by atoms with Gasteiger partial charge in [-0.25, -0.2) is 0 Å². The number of hydrogen-bond acceptors (Lipinski definition) is 3. The summed E-state index contributed by atoms with van der Waals surface area (Å²) in [5, 5.41) is 0. The van der Waals surface area contributed by atoms with Crippen molar-refractivity contribution in [1.29, 1.82) is 0 Å². The molecule has 3 heteroatoms. The molecule has 0 spiro atoms. The van der Waals surface area contributed by atoms with Crippen molar-refractivity contribution in [2.45, 2.75) is 38.8 Å². The Kier molecular flexibility index (Phi) is 5.23. The third-order valence-electron chi connectivity index (χ3n) is 4.07. The van der Waals surface area contributed by atoms with E-state index in [-0.39, 0.29) is 0 Å². The van der Waals surface area contributed by atoms with Gasteiger partial charge < -0.3 is 10.5 Å². The summed E-state index contributed by atoms with van der Waals surface area (Å²) in [5.74, 6) is 1.72. The van der Waals surface area contributed by atoms with Crippen molar-refractivity contribution in [2.75, 3.05) is 20.2 Å². The zero-order valence-electron chi connectivity index (χ0n) is 12.1. The number of nitrogens with two attached hydrogens (primary N) is 1. The van der Waals surface area contributed by atoms with Crippen LogP contribution in [0.5, 0.6) is 5.75 Å². The normalized spacial score (nSPS) is 21.5. The number of likely N-dealkylation sites (tertiary alicyclic amines) is 1. The molecule has 0 bridgehead atoms. The van der Waals surface area contributed by atoms with Crippen LogP contribution in [-0.4, -0.2) is 31.1 Å². The maximum absolute atomic E-state index is 6.05. The summed E-state index contributed by atoms with van der Waals surface area (Å²) in [7, 11) is 1.72. The largest absolute Gasteiger partial charge is 0.497 e. The number of benzene rings is 1. The highest BCUT2D eigenvalue weighted by molar-refractivity contribution is 5.28. The second-order valence-electron chi connectivity index (χ2n) is 5.65. The van der Waals surface area contributed by atoms with E-state index >= 15 is 0 Å². The van der Waals surface area contributed by atoms with Crippen LogP contribution in [0.1, 0.15) is 31.7 Å². The van der Waals surface area contributed by atoms with Gasteiger partial charge in [-0.15, -0.1) is 0 Å². The first-order valence-corrected chi connectivity index (χ1v) is 7.32.